The van der Waals surface area contributed by atoms with E-state index in [2.05, 4.69) is 4.90 Å². The van der Waals surface area contributed by atoms with E-state index in [9.17, 15) is 4.39 Å². The highest BCUT2D eigenvalue weighted by molar-refractivity contribution is 5.84. The predicted molar refractivity (Wildman–Crippen MR) is 89.8 cm³/mol. The molecule has 0 spiro atoms. The molecular weight excluding hydrogens is 309 g/mol. The van der Waals surface area contributed by atoms with Crippen LogP contribution < -0.4 is 4.74 Å². The van der Waals surface area contributed by atoms with Crippen molar-refractivity contribution >= 4 is 10.9 Å². The molecule has 0 aliphatic carbocycles. The Morgan fingerprint density at radius 2 is 2.17 bits per heavy atom. The molecule has 2 aliphatic rings. The number of hydrogen-bond donors (Lipinski definition) is 0. The summed E-state index contributed by atoms with van der Waals surface area (Å²) < 4.78 is 27.2. The average molecular weight is 333 g/mol. The van der Waals surface area contributed by atoms with Gasteiger partial charge in [0.1, 0.15) is 0 Å². The number of ether oxygens (including phenoxy) is 2. The lowest BCUT2D eigenvalue weighted by Crippen LogP contribution is -2.38. The first kappa shape index (κ1) is 15.8. The fourth-order valence-electron chi connectivity index (χ4n) is 3.55. The number of methoxy groups -OCH3 is 1. The number of hydrogen-bond acceptors (Lipinski definition) is 4. The Morgan fingerprint density at radius 3 is 2.83 bits per heavy atom. The number of nitrogens with zero attached hydrogens (tertiary/aromatic N) is 3. The van der Waals surface area contributed by atoms with Gasteiger partial charge in [-0.1, -0.05) is 0 Å². The molecule has 5 nitrogen and oxygen atoms in total. The molecule has 0 N–H and O–H groups in total. The smallest absolute Gasteiger partial charge is 0.167 e. The van der Waals surface area contributed by atoms with Crippen molar-refractivity contribution in [3.8, 4) is 5.75 Å². The van der Waals surface area contributed by atoms with Gasteiger partial charge in [0.15, 0.2) is 17.8 Å². The maximum absolute atomic E-state index is 14.2. The van der Waals surface area contributed by atoms with E-state index in [-0.39, 0.29) is 17.8 Å². The molecule has 1 unspecified atom stereocenters. The molecule has 2 aromatic rings. The first-order chi connectivity index (χ1) is 11.8. The Labute approximate surface area is 141 Å². The highest BCUT2D eigenvalue weighted by Crippen LogP contribution is 2.32. The van der Waals surface area contributed by atoms with Gasteiger partial charge in [-0.25, -0.2) is 9.07 Å². The van der Waals surface area contributed by atoms with Crippen LogP contribution in [0.15, 0.2) is 12.1 Å². The van der Waals surface area contributed by atoms with Crippen LogP contribution in [0.4, 0.5) is 4.39 Å². The third kappa shape index (κ3) is 2.89. The summed E-state index contributed by atoms with van der Waals surface area (Å²) in [6.45, 7) is 4.08. The van der Waals surface area contributed by atoms with Gasteiger partial charge >= 0.3 is 0 Å². The van der Waals surface area contributed by atoms with Crippen LogP contribution in [0.5, 0.6) is 5.75 Å². The van der Waals surface area contributed by atoms with Gasteiger partial charge in [-0.3, -0.25) is 0 Å². The van der Waals surface area contributed by atoms with E-state index in [0.29, 0.717) is 0 Å². The van der Waals surface area contributed by atoms with E-state index >= 15 is 0 Å². The molecule has 1 aromatic heterocycles. The number of likely N-dealkylation sites (tertiary alicyclic amines) is 1. The predicted octanol–water partition coefficient (Wildman–Crippen LogP) is 3.13. The largest absolute Gasteiger partial charge is 0.494 e. The summed E-state index contributed by atoms with van der Waals surface area (Å²) in [7, 11) is 1.50. The SMILES string of the molecule is COc1cc2c(CCN3CCC3)nn(C3CCCCO3)c2cc1F. The van der Waals surface area contributed by atoms with Gasteiger partial charge in [0.2, 0.25) is 0 Å². The molecule has 2 fully saturated rings. The van der Waals surface area contributed by atoms with E-state index in [1.807, 2.05) is 4.68 Å². The van der Waals surface area contributed by atoms with Gasteiger partial charge in [-0.05, 0) is 44.8 Å². The van der Waals surface area contributed by atoms with Crippen molar-refractivity contribution in [1.29, 1.82) is 0 Å². The summed E-state index contributed by atoms with van der Waals surface area (Å²) in [6, 6.07) is 3.31. The van der Waals surface area contributed by atoms with Crippen LogP contribution in [0.1, 0.15) is 37.6 Å². The monoisotopic (exact) mass is 333 g/mol. The molecule has 2 aliphatic heterocycles. The third-order valence-electron chi connectivity index (χ3n) is 5.10. The van der Waals surface area contributed by atoms with Gasteiger partial charge in [-0.15, -0.1) is 0 Å². The van der Waals surface area contributed by atoms with Gasteiger partial charge < -0.3 is 14.4 Å². The number of fused-ring (bicyclic) bond motifs is 1. The number of benzene rings is 1. The number of aromatic nitrogens is 2. The van der Waals surface area contributed by atoms with E-state index < -0.39 is 0 Å². The minimum Gasteiger partial charge on any atom is -0.494 e. The Hall–Kier alpha value is -1.66. The number of rotatable bonds is 5. The highest BCUT2D eigenvalue weighted by Gasteiger charge is 2.23. The zero-order chi connectivity index (χ0) is 16.5. The van der Waals surface area contributed by atoms with Crippen molar-refractivity contribution < 1.29 is 13.9 Å². The molecule has 0 bridgehead atoms. The Morgan fingerprint density at radius 1 is 1.29 bits per heavy atom. The molecule has 1 atom stereocenters. The van der Waals surface area contributed by atoms with Crippen LogP contribution in [0, 0.1) is 5.82 Å². The minimum absolute atomic E-state index is 0.0909. The van der Waals surface area contributed by atoms with Crippen molar-refractivity contribution in [2.24, 2.45) is 0 Å². The lowest BCUT2D eigenvalue weighted by atomic mass is 10.1. The zero-order valence-corrected chi connectivity index (χ0v) is 14.1. The topological polar surface area (TPSA) is 39.5 Å². The maximum Gasteiger partial charge on any atom is 0.167 e. The molecule has 6 heteroatoms. The van der Waals surface area contributed by atoms with Crippen molar-refractivity contribution in [2.45, 2.75) is 38.3 Å². The van der Waals surface area contributed by atoms with Gasteiger partial charge in [0.25, 0.3) is 0 Å². The first-order valence-electron chi connectivity index (χ1n) is 8.85. The minimum atomic E-state index is -0.351. The molecule has 0 radical (unpaired) electrons. The Bertz CT molecular complexity index is 721. The summed E-state index contributed by atoms with van der Waals surface area (Å²) in [4.78, 5) is 2.42. The van der Waals surface area contributed by atoms with Gasteiger partial charge in [0.05, 0.1) is 18.3 Å². The molecule has 3 heterocycles. The van der Waals surface area contributed by atoms with Crippen LogP contribution in [-0.4, -0.2) is 48.0 Å². The molecular formula is C18H24FN3O2. The van der Waals surface area contributed by atoms with Crippen LogP contribution in [-0.2, 0) is 11.2 Å². The van der Waals surface area contributed by atoms with Crippen LogP contribution in [0.2, 0.25) is 0 Å². The first-order valence-corrected chi connectivity index (χ1v) is 8.85. The van der Waals surface area contributed by atoms with Crippen molar-refractivity contribution in [3.05, 3.63) is 23.6 Å². The normalized spacial score (nSPS) is 21.8. The molecule has 1 aromatic carbocycles. The summed E-state index contributed by atoms with van der Waals surface area (Å²) in [5.74, 6) is -0.0759. The van der Waals surface area contributed by atoms with E-state index in [0.717, 1.165) is 55.4 Å². The molecule has 4 rings (SSSR count). The third-order valence-corrected chi connectivity index (χ3v) is 5.10. The molecule has 24 heavy (non-hydrogen) atoms. The van der Waals surface area contributed by atoms with Crippen molar-refractivity contribution in [1.82, 2.24) is 14.7 Å². The summed E-state index contributed by atoms with van der Waals surface area (Å²) in [5, 5.41) is 5.78. The summed E-state index contributed by atoms with van der Waals surface area (Å²) in [6.07, 6.45) is 5.19. The maximum atomic E-state index is 14.2. The Balaban J connectivity index is 1.71. The fraction of sp³-hybridized carbons (Fsp3) is 0.611. The average Bonchev–Trinajstić information content (AvgIpc) is 2.91. The lowest BCUT2D eigenvalue weighted by molar-refractivity contribution is -0.0369. The van der Waals surface area contributed by atoms with Crippen LogP contribution in [0.3, 0.4) is 0 Å². The van der Waals surface area contributed by atoms with E-state index in [1.54, 1.807) is 6.07 Å². The lowest BCUT2D eigenvalue weighted by Gasteiger charge is -2.30. The van der Waals surface area contributed by atoms with E-state index in [4.69, 9.17) is 14.6 Å². The fourth-order valence-corrected chi connectivity index (χ4v) is 3.55. The number of halogens is 1. The molecule has 0 amide bonds. The molecule has 0 saturated carbocycles. The summed E-state index contributed by atoms with van der Waals surface area (Å²) >= 11 is 0. The van der Waals surface area contributed by atoms with Gasteiger partial charge in [0, 0.05) is 31.0 Å². The second kappa shape index (κ2) is 6.69. The molecule has 2 saturated heterocycles. The van der Waals surface area contributed by atoms with E-state index in [1.165, 1.54) is 32.7 Å². The molecule has 130 valence electrons. The highest BCUT2D eigenvalue weighted by atomic mass is 19.1. The second-order valence-electron chi connectivity index (χ2n) is 6.66. The second-order valence-corrected chi connectivity index (χ2v) is 6.66. The quantitative estimate of drug-likeness (QED) is 0.843. The Kier molecular flexibility index (Phi) is 4.41. The van der Waals surface area contributed by atoms with Gasteiger partial charge in [-0.2, -0.15) is 5.10 Å². The summed E-state index contributed by atoms with van der Waals surface area (Å²) in [5.41, 5.74) is 1.81. The van der Waals surface area contributed by atoms with Crippen LogP contribution in [0.25, 0.3) is 10.9 Å². The van der Waals surface area contributed by atoms with Crippen molar-refractivity contribution in [2.75, 3.05) is 33.4 Å². The zero-order valence-electron chi connectivity index (χ0n) is 14.1. The standard InChI is InChI=1S/C18H24FN3O2/c1-23-17-11-13-15(6-9-21-7-4-8-21)20-22(16(13)12-14(17)19)18-5-2-3-10-24-18/h11-12,18H,2-10H2,1H3. The van der Waals surface area contributed by atoms with Crippen molar-refractivity contribution in [3.63, 3.8) is 0 Å². The van der Waals surface area contributed by atoms with Crippen LogP contribution >= 0.6 is 0 Å².